The van der Waals surface area contributed by atoms with E-state index >= 15 is 0 Å². The van der Waals surface area contributed by atoms with Gasteiger partial charge >= 0.3 is 0 Å². The molecule has 122 valence electrons. The molecule has 0 saturated heterocycles. The number of nitrogens with one attached hydrogen (secondary N) is 1. The van der Waals surface area contributed by atoms with Crippen LogP contribution >= 0.6 is 11.3 Å². The zero-order valence-corrected chi connectivity index (χ0v) is 14.2. The monoisotopic (exact) mass is 338 g/mol. The number of hydrogen-bond donors (Lipinski definition) is 1. The molecule has 24 heavy (non-hydrogen) atoms. The van der Waals surface area contributed by atoms with Crippen molar-refractivity contribution < 1.29 is 9.53 Å². The lowest BCUT2D eigenvalue weighted by atomic mass is 10.2. The molecule has 4 nitrogen and oxygen atoms in total. The van der Waals surface area contributed by atoms with Crippen LogP contribution in [0.1, 0.15) is 11.1 Å². The molecule has 5 heteroatoms. The molecule has 0 saturated carbocycles. The third-order valence-electron chi connectivity index (χ3n) is 3.45. The first kappa shape index (κ1) is 16.2. The molecule has 0 atom stereocenters. The Kier molecular flexibility index (Phi) is 5.23. The summed E-state index contributed by atoms with van der Waals surface area (Å²) in [6.07, 6.45) is 1.76. The van der Waals surface area contributed by atoms with Crippen molar-refractivity contribution in [3.05, 3.63) is 71.2 Å². The number of amides is 1. The number of hydrogen-bond acceptors (Lipinski definition) is 4. The van der Waals surface area contributed by atoms with Crippen molar-refractivity contribution in [2.75, 3.05) is 6.61 Å². The summed E-state index contributed by atoms with van der Waals surface area (Å²) in [4.78, 5) is 17.4. The van der Waals surface area contributed by atoms with Gasteiger partial charge in [0.25, 0.3) is 5.91 Å². The normalized spacial score (nSPS) is 10.4. The van der Waals surface area contributed by atoms with Crippen molar-refractivity contribution in [2.24, 2.45) is 0 Å². The molecule has 0 spiro atoms. The minimum Gasteiger partial charge on any atom is -0.484 e. The highest BCUT2D eigenvalue weighted by Gasteiger charge is 2.05. The fourth-order valence-electron chi connectivity index (χ4n) is 2.25. The second-order valence-electron chi connectivity index (χ2n) is 5.41. The Bertz CT molecular complexity index is 816. The standard InChI is InChI=1S/C19H18N2O2S/c1-14-4-2-5-16(10-14)23-13-19(22)21-12-15-7-8-20-17(11-15)18-6-3-9-24-18/h2-11H,12-13H2,1H3,(H,21,22). The molecule has 1 aromatic carbocycles. The number of benzene rings is 1. The van der Waals surface area contributed by atoms with Crippen LogP contribution in [-0.2, 0) is 11.3 Å². The van der Waals surface area contributed by atoms with Crippen LogP contribution in [0, 0.1) is 6.92 Å². The molecule has 0 aliphatic heterocycles. The van der Waals surface area contributed by atoms with Gasteiger partial charge in [0.05, 0.1) is 10.6 Å². The smallest absolute Gasteiger partial charge is 0.258 e. The lowest BCUT2D eigenvalue weighted by Gasteiger charge is -2.08. The minimum atomic E-state index is -0.147. The van der Waals surface area contributed by atoms with Gasteiger partial charge in [0.1, 0.15) is 5.75 Å². The van der Waals surface area contributed by atoms with Gasteiger partial charge < -0.3 is 10.1 Å². The topological polar surface area (TPSA) is 51.2 Å². The number of carbonyl (C=O) groups is 1. The zero-order chi connectivity index (χ0) is 16.8. The molecule has 0 aliphatic rings. The molecule has 0 fully saturated rings. The Hall–Kier alpha value is -2.66. The van der Waals surface area contributed by atoms with Gasteiger partial charge in [0.2, 0.25) is 0 Å². The second kappa shape index (κ2) is 7.75. The fourth-order valence-corrected chi connectivity index (χ4v) is 2.94. The van der Waals surface area contributed by atoms with E-state index in [1.54, 1.807) is 17.5 Å². The molecule has 2 aromatic heterocycles. The van der Waals surface area contributed by atoms with Gasteiger partial charge in [-0.25, -0.2) is 0 Å². The highest BCUT2D eigenvalue weighted by atomic mass is 32.1. The molecule has 1 N–H and O–H groups in total. The summed E-state index contributed by atoms with van der Waals surface area (Å²) in [7, 11) is 0. The molecular formula is C19H18N2O2S. The number of ether oxygens (including phenoxy) is 1. The molecule has 0 radical (unpaired) electrons. The van der Waals surface area contributed by atoms with Crippen molar-refractivity contribution in [3.8, 4) is 16.3 Å². The molecule has 0 aliphatic carbocycles. The van der Waals surface area contributed by atoms with Crippen LogP contribution in [0.4, 0.5) is 0 Å². The zero-order valence-electron chi connectivity index (χ0n) is 13.4. The van der Waals surface area contributed by atoms with Crippen molar-refractivity contribution in [3.63, 3.8) is 0 Å². The highest BCUT2D eigenvalue weighted by Crippen LogP contribution is 2.22. The summed E-state index contributed by atoms with van der Waals surface area (Å²) in [6, 6.07) is 15.6. The Balaban J connectivity index is 1.52. The van der Waals surface area contributed by atoms with E-state index in [0.717, 1.165) is 21.7 Å². The van der Waals surface area contributed by atoms with E-state index in [1.165, 1.54) is 0 Å². The average Bonchev–Trinajstić information content (AvgIpc) is 3.13. The van der Waals surface area contributed by atoms with E-state index in [-0.39, 0.29) is 12.5 Å². The largest absolute Gasteiger partial charge is 0.484 e. The lowest BCUT2D eigenvalue weighted by Crippen LogP contribution is -2.28. The Morgan fingerprint density at radius 1 is 1.21 bits per heavy atom. The van der Waals surface area contributed by atoms with E-state index in [4.69, 9.17) is 4.74 Å². The number of carbonyl (C=O) groups excluding carboxylic acids is 1. The summed E-state index contributed by atoms with van der Waals surface area (Å²) in [6.45, 7) is 2.45. The van der Waals surface area contributed by atoms with Crippen LogP contribution < -0.4 is 10.1 Å². The summed E-state index contributed by atoms with van der Waals surface area (Å²) < 4.78 is 5.50. The molecular weight excluding hydrogens is 320 g/mol. The first-order chi connectivity index (χ1) is 11.7. The molecule has 0 bridgehead atoms. The maximum absolute atomic E-state index is 11.9. The van der Waals surface area contributed by atoms with Crippen molar-refractivity contribution in [1.82, 2.24) is 10.3 Å². The predicted octanol–water partition coefficient (Wildman–Crippen LogP) is 3.81. The van der Waals surface area contributed by atoms with Crippen LogP contribution in [0.2, 0.25) is 0 Å². The maximum Gasteiger partial charge on any atom is 0.258 e. The number of pyridine rings is 1. The summed E-state index contributed by atoms with van der Waals surface area (Å²) in [5, 5.41) is 4.89. The number of thiophene rings is 1. The van der Waals surface area contributed by atoms with Crippen molar-refractivity contribution in [1.29, 1.82) is 0 Å². The number of aromatic nitrogens is 1. The number of rotatable bonds is 6. The van der Waals surface area contributed by atoms with Gasteiger partial charge in [0, 0.05) is 12.7 Å². The fraction of sp³-hybridized carbons (Fsp3) is 0.158. The van der Waals surface area contributed by atoms with Crippen LogP contribution in [0.15, 0.2) is 60.1 Å². The SMILES string of the molecule is Cc1cccc(OCC(=O)NCc2ccnc(-c3cccs3)c2)c1. The van der Waals surface area contributed by atoms with Gasteiger partial charge in [0.15, 0.2) is 6.61 Å². The third-order valence-corrected chi connectivity index (χ3v) is 4.34. The van der Waals surface area contributed by atoms with Gasteiger partial charge in [-0.15, -0.1) is 11.3 Å². The minimum absolute atomic E-state index is 0.00627. The van der Waals surface area contributed by atoms with E-state index in [9.17, 15) is 4.79 Å². The van der Waals surface area contributed by atoms with E-state index < -0.39 is 0 Å². The highest BCUT2D eigenvalue weighted by molar-refractivity contribution is 7.13. The van der Waals surface area contributed by atoms with E-state index in [1.807, 2.05) is 60.8 Å². The molecule has 1 amide bonds. The summed E-state index contributed by atoms with van der Waals surface area (Å²) >= 11 is 1.65. The molecule has 0 unspecified atom stereocenters. The van der Waals surface area contributed by atoms with Crippen LogP contribution in [0.25, 0.3) is 10.6 Å². The second-order valence-corrected chi connectivity index (χ2v) is 6.36. The first-order valence-electron chi connectivity index (χ1n) is 7.66. The number of aryl methyl sites for hydroxylation is 1. The van der Waals surface area contributed by atoms with Crippen LogP contribution in [0.3, 0.4) is 0 Å². The van der Waals surface area contributed by atoms with Gasteiger partial charge in [-0.3, -0.25) is 9.78 Å². The lowest BCUT2D eigenvalue weighted by molar-refractivity contribution is -0.123. The van der Waals surface area contributed by atoms with Crippen molar-refractivity contribution in [2.45, 2.75) is 13.5 Å². The Labute approximate surface area is 145 Å². The van der Waals surface area contributed by atoms with E-state index in [2.05, 4.69) is 10.3 Å². The first-order valence-corrected chi connectivity index (χ1v) is 8.53. The maximum atomic E-state index is 11.9. The van der Waals surface area contributed by atoms with Crippen LogP contribution in [-0.4, -0.2) is 17.5 Å². The summed E-state index contributed by atoms with van der Waals surface area (Å²) in [5.41, 5.74) is 3.04. The quantitative estimate of drug-likeness (QED) is 0.743. The molecule has 3 aromatic rings. The molecule has 3 rings (SSSR count). The Morgan fingerprint density at radius 2 is 2.12 bits per heavy atom. The van der Waals surface area contributed by atoms with Crippen LogP contribution in [0.5, 0.6) is 5.75 Å². The average molecular weight is 338 g/mol. The third kappa shape index (κ3) is 4.43. The predicted molar refractivity (Wildman–Crippen MR) is 96.1 cm³/mol. The van der Waals surface area contributed by atoms with Gasteiger partial charge in [-0.05, 0) is 53.8 Å². The van der Waals surface area contributed by atoms with E-state index in [0.29, 0.717) is 12.3 Å². The van der Waals surface area contributed by atoms with Crippen molar-refractivity contribution >= 4 is 17.2 Å². The van der Waals surface area contributed by atoms with Gasteiger partial charge in [-0.1, -0.05) is 18.2 Å². The summed E-state index contributed by atoms with van der Waals surface area (Å²) in [5.74, 6) is 0.556. The molecule has 2 heterocycles. The van der Waals surface area contributed by atoms with Gasteiger partial charge in [-0.2, -0.15) is 0 Å². The Morgan fingerprint density at radius 3 is 2.92 bits per heavy atom. The number of nitrogens with zero attached hydrogens (tertiary/aromatic N) is 1.